The molecule has 0 radical (unpaired) electrons. The van der Waals surface area contributed by atoms with E-state index in [0.29, 0.717) is 0 Å². The second-order valence-electron chi connectivity index (χ2n) is 4.81. The van der Waals surface area contributed by atoms with E-state index in [1.165, 1.54) is 6.07 Å². The van der Waals surface area contributed by atoms with Crippen LogP contribution in [-0.4, -0.2) is 34.5 Å². The topological polar surface area (TPSA) is 126 Å². The molecule has 3 rings (SSSR count). The molecule has 3 aromatic rings. The number of sulfone groups is 1. The molecule has 0 spiro atoms. The van der Waals surface area contributed by atoms with Crippen molar-refractivity contribution in [3.63, 3.8) is 0 Å². The van der Waals surface area contributed by atoms with Gasteiger partial charge in [0.05, 0.1) is 16.7 Å². The molecule has 0 atom stereocenters. The Kier molecular flexibility index (Phi) is 4.19. The van der Waals surface area contributed by atoms with Gasteiger partial charge in [-0.15, -0.1) is 0 Å². The number of nitrogens with zero attached hydrogens (tertiary/aromatic N) is 2. The molecule has 0 amide bonds. The number of aliphatic hydroxyl groups excluding tert-OH is 1. The van der Waals surface area contributed by atoms with Gasteiger partial charge in [-0.3, -0.25) is 9.89 Å². The van der Waals surface area contributed by atoms with Gasteiger partial charge in [0.1, 0.15) is 17.9 Å². The third kappa shape index (κ3) is 3.19. The number of aliphatic hydroxyl groups is 1. The average molecular weight is 363 g/mol. The molecule has 0 saturated heterocycles. The van der Waals surface area contributed by atoms with Gasteiger partial charge in [0.2, 0.25) is 20.7 Å². The molecule has 2 aromatic heterocycles. The second kappa shape index (κ2) is 6.32. The Morgan fingerprint density at radius 2 is 1.96 bits per heavy atom. The zero-order chi connectivity index (χ0) is 18.0. The van der Waals surface area contributed by atoms with E-state index in [1.807, 2.05) is 0 Å². The monoisotopic (exact) mass is 363 g/mol. The molecule has 0 aliphatic rings. The summed E-state index contributed by atoms with van der Waals surface area (Å²) in [5.74, 6) is -2.06. The Bertz CT molecular complexity index is 1040. The fraction of sp³-hybridized carbons (Fsp3) is 0. The minimum atomic E-state index is -4.16. The summed E-state index contributed by atoms with van der Waals surface area (Å²) in [6.45, 7) is 0. The van der Waals surface area contributed by atoms with E-state index >= 15 is 0 Å². The lowest BCUT2D eigenvalue weighted by atomic mass is 10.2. The van der Waals surface area contributed by atoms with Gasteiger partial charge < -0.3 is 9.52 Å². The highest BCUT2D eigenvalue weighted by Crippen LogP contribution is 2.29. The van der Waals surface area contributed by atoms with Crippen LogP contribution in [0.25, 0.3) is 5.76 Å². The Morgan fingerprint density at radius 1 is 1.24 bits per heavy atom. The smallest absolute Gasteiger partial charge is 0.240 e. The summed E-state index contributed by atoms with van der Waals surface area (Å²) in [6.07, 6.45) is 2.95. The van der Waals surface area contributed by atoms with Gasteiger partial charge in [-0.1, -0.05) is 0 Å². The first-order valence-electron chi connectivity index (χ1n) is 6.78. The molecular weight excluding hydrogens is 353 g/mol. The number of ketones is 1. The molecule has 0 unspecified atom stereocenters. The van der Waals surface area contributed by atoms with Crippen LogP contribution in [0.5, 0.6) is 0 Å². The third-order valence-corrected chi connectivity index (χ3v) is 4.89. The molecule has 1 aromatic carbocycles. The normalized spacial score (nSPS) is 12.3. The van der Waals surface area contributed by atoms with Gasteiger partial charge in [-0.2, -0.15) is 5.10 Å². The van der Waals surface area contributed by atoms with Crippen LogP contribution < -0.4 is 0 Å². The summed E-state index contributed by atoms with van der Waals surface area (Å²) in [4.78, 5) is 15.3. The van der Waals surface area contributed by atoms with E-state index in [2.05, 4.69) is 15.2 Å². The molecule has 0 saturated carbocycles. The number of carbonyl (C=O) groups excluding carboxylic acids is 1. The summed E-state index contributed by atoms with van der Waals surface area (Å²) in [7, 11) is -4.16. The molecular formula is C15H10FN3O5S. The van der Waals surface area contributed by atoms with Crippen molar-refractivity contribution in [1.29, 1.82) is 0 Å². The van der Waals surface area contributed by atoms with E-state index in [0.717, 1.165) is 42.9 Å². The molecule has 10 heteroatoms. The number of hydrogen-bond donors (Lipinski definition) is 2. The summed E-state index contributed by atoms with van der Waals surface area (Å²) >= 11 is 0. The number of rotatable bonds is 5. The van der Waals surface area contributed by atoms with Crippen molar-refractivity contribution in [2.24, 2.45) is 0 Å². The number of allylic oxidation sites excluding steroid dienone is 1. The lowest BCUT2D eigenvalue weighted by Crippen LogP contribution is -2.05. The maximum Gasteiger partial charge on any atom is 0.240 e. The molecule has 0 bridgehead atoms. The van der Waals surface area contributed by atoms with Gasteiger partial charge in [0, 0.05) is 6.08 Å². The highest BCUT2D eigenvalue weighted by Gasteiger charge is 2.27. The average Bonchev–Trinajstić information content (AvgIpc) is 3.27. The van der Waals surface area contributed by atoms with E-state index in [4.69, 9.17) is 4.42 Å². The number of aromatic amines is 1. The molecule has 2 heterocycles. The van der Waals surface area contributed by atoms with Crippen molar-refractivity contribution in [2.45, 2.75) is 9.99 Å². The molecule has 0 fully saturated rings. The number of furan rings is 1. The van der Waals surface area contributed by atoms with E-state index in [1.54, 1.807) is 0 Å². The maximum absolute atomic E-state index is 13.0. The van der Waals surface area contributed by atoms with Crippen molar-refractivity contribution in [3.8, 4) is 0 Å². The Morgan fingerprint density at radius 3 is 2.60 bits per heavy atom. The van der Waals surface area contributed by atoms with Gasteiger partial charge in [0.25, 0.3) is 0 Å². The van der Waals surface area contributed by atoms with Crippen LogP contribution in [0.4, 0.5) is 4.39 Å². The van der Waals surface area contributed by atoms with Crippen LogP contribution in [0.15, 0.2) is 63.4 Å². The van der Waals surface area contributed by atoms with Crippen LogP contribution in [0.2, 0.25) is 0 Å². The number of carbonyl (C=O) groups is 1. The summed E-state index contributed by atoms with van der Waals surface area (Å²) in [5, 5.41) is 15.4. The van der Waals surface area contributed by atoms with Crippen molar-refractivity contribution < 1.29 is 27.1 Å². The van der Waals surface area contributed by atoms with Gasteiger partial charge in [0.15, 0.2) is 5.82 Å². The Hall–Kier alpha value is -3.27. The number of benzene rings is 1. The SMILES string of the molecule is O=C(C=C(O)c1ccoc1S(=O)(=O)c1ccc(F)cc1)c1ncn[nH]1. The van der Waals surface area contributed by atoms with E-state index in [-0.39, 0.29) is 16.3 Å². The maximum atomic E-state index is 13.0. The zero-order valence-electron chi connectivity index (χ0n) is 12.4. The number of halogens is 1. The zero-order valence-corrected chi connectivity index (χ0v) is 13.2. The highest BCUT2D eigenvalue weighted by molar-refractivity contribution is 7.91. The molecule has 2 N–H and O–H groups in total. The first-order valence-corrected chi connectivity index (χ1v) is 8.27. The molecule has 0 aliphatic carbocycles. The van der Waals surface area contributed by atoms with E-state index < -0.39 is 32.3 Å². The number of hydrogen-bond acceptors (Lipinski definition) is 7. The predicted octanol–water partition coefficient (Wildman–Crippen LogP) is 2.15. The van der Waals surface area contributed by atoms with Crippen LogP contribution in [0, 0.1) is 5.82 Å². The van der Waals surface area contributed by atoms with Crippen molar-refractivity contribution in [1.82, 2.24) is 15.2 Å². The van der Waals surface area contributed by atoms with Crippen molar-refractivity contribution in [2.75, 3.05) is 0 Å². The van der Waals surface area contributed by atoms with Crippen molar-refractivity contribution >= 4 is 21.4 Å². The number of nitrogens with one attached hydrogen (secondary N) is 1. The quantitative estimate of drug-likeness (QED) is 0.308. The summed E-state index contributed by atoms with van der Waals surface area (Å²) < 4.78 is 43.1. The van der Waals surface area contributed by atoms with Gasteiger partial charge in [-0.25, -0.2) is 17.8 Å². The van der Waals surface area contributed by atoms with Gasteiger partial charge in [-0.05, 0) is 30.3 Å². The summed E-state index contributed by atoms with van der Waals surface area (Å²) in [5.41, 5.74) is -0.211. The molecule has 8 nitrogen and oxygen atoms in total. The second-order valence-corrected chi connectivity index (χ2v) is 6.66. The predicted molar refractivity (Wildman–Crippen MR) is 81.9 cm³/mol. The van der Waals surface area contributed by atoms with E-state index in [9.17, 15) is 22.7 Å². The molecule has 128 valence electrons. The summed E-state index contributed by atoms with van der Waals surface area (Å²) in [6, 6.07) is 5.29. The lowest BCUT2D eigenvalue weighted by molar-refractivity contribution is 0.103. The highest BCUT2D eigenvalue weighted by atomic mass is 32.2. The number of H-pyrrole nitrogens is 1. The minimum Gasteiger partial charge on any atom is -0.507 e. The standard InChI is InChI=1S/C15H10FN3O5S/c16-9-1-3-10(4-2-9)25(22,23)15-11(5-6-24-15)12(20)7-13(21)14-17-8-18-19-14/h1-8,20H,(H,17,18,19). The first-order chi connectivity index (χ1) is 11.9. The number of aromatic nitrogens is 3. The first kappa shape index (κ1) is 16.6. The van der Waals surface area contributed by atoms with Crippen molar-refractivity contribution in [3.05, 3.63) is 66.2 Å². The minimum absolute atomic E-state index is 0.127. The molecule has 0 aliphatic heterocycles. The fourth-order valence-electron chi connectivity index (χ4n) is 2.01. The van der Waals surface area contributed by atoms with Crippen LogP contribution in [-0.2, 0) is 9.84 Å². The van der Waals surface area contributed by atoms with Crippen LogP contribution in [0.1, 0.15) is 16.2 Å². The van der Waals surface area contributed by atoms with Gasteiger partial charge >= 0.3 is 0 Å². The lowest BCUT2D eigenvalue weighted by Gasteiger charge is -2.04. The fourth-order valence-corrected chi connectivity index (χ4v) is 3.36. The Labute approximate surface area is 140 Å². The van der Waals surface area contributed by atoms with Crippen LogP contribution in [0.3, 0.4) is 0 Å². The van der Waals surface area contributed by atoms with Crippen LogP contribution >= 0.6 is 0 Å². The third-order valence-electron chi connectivity index (χ3n) is 3.19. The molecule has 25 heavy (non-hydrogen) atoms. The Balaban J connectivity index is 2.00. The largest absolute Gasteiger partial charge is 0.507 e.